The van der Waals surface area contributed by atoms with Crippen LogP contribution in [0, 0.1) is 0 Å². The van der Waals surface area contributed by atoms with E-state index in [9.17, 15) is 8.78 Å². The maximum absolute atomic E-state index is 14.5. The Labute approximate surface area is 186 Å². The summed E-state index contributed by atoms with van der Waals surface area (Å²) < 4.78 is 36.9. The minimum absolute atomic E-state index is 0.00453. The Balaban J connectivity index is 1.38. The maximum atomic E-state index is 14.5. The molecule has 0 radical (unpaired) electrons. The lowest BCUT2D eigenvalue weighted by atomic mass is 9.78. The summed E-state index contributed by atoms with van der Waals surface area (Å²) in [7, 11) is 0. The average Bonchev–Trinajstić information content (AvgIpc) is 3.38. The molecule has 0 saturated carbocycles. The second-order valence-corrected chi connectivity index (χ2v) is 9.85. The molecule has 1 fully saturated rings. The van der Waals surface area contributed by atoms with E-state index in [1.807, 2.05) is 19.2 Å². The molecular formula is C20H21ClF2N6OS. The van der Waals surface area contributed by atoms with Crippen molar-refractivity contribution in [1.29, 1.82) is 0 Å². The number of thiophene rings is 1. The van der Waals surface area contributed by atoms with Crippen molar-refractivity contribution in [2.45, 2.75) is 56.3 Å². The van der Waals surface area contributed by atoms with Crippen LogP contribution in [-0.2, 0) is 29.2 Å². The van der Waals surface area contributed by atoms with Gasteiger partial charge in [0.15, 0.2) is 0 Å². The highest BCUT2D eigenvalue weighted by atomic mass is 35.5. The molecule has 31 heavy (non-hydrogen) atoms. The molecule has 2 aliphatic rings. The Kier molecular flexibility index (Phi) is 5.28. The minimum Gasteiger partial charge on any atom is -0.363 e. The third-order valence-electron chi connectivity index (χ3n) is 5.85. The fourth-order valence-electron chi connectivity index (χ4n) is 4.48. The first-order valence-electron chi connectivity index (χ1n) is 10.1. The topological polar surface area (TPSA) is 77.8 Å². The molecule has 1 spiro atoms. The Hall–Kier alpha value is -2.01. The molecule has 0 aromatic carbocycles. The van der Waals surface area contributed by atoms with Gasteiger partial charge in [0.2, 0.25) is 0 Å². The maximum Gasteiger partial charge on any atom is 0.297 e. The molecule has 0 unspecified atom stereocenters. The van der Waals surface area contributed by atoms with Gasteiger partial charge in [0.25, 0.3) is 5.92 Å². The zero-order valence-electron chi connectivity index (χ0n) is 16.8. The first-order valence-corrected chi connectivity index (χ1v) is 11.3. The second kappa shape index (κ2) is 7.84. The normalized spacial score (nSPS) is 27.4. The summed E-state index contributed by atoms with van der Waals surface area (Å²) in [5, 5.41) is 12.1. The number of hydrogen-bond donors (Lipinski definition) is 1. The Morgan fingerprint density at radius 2 is 2.26 bits per heavy atom. The van der Waals surface area contributed by atoms with Gasteiger partial charge in [-0.1, -0.05) is 16.8 Å². The predicted molar refractivity (Wildman–Crippen MR) is 111 cm³/mol. The van der Waals surface area contributed by atoms with Crippen molar-refractivity contribution in [2.24, 2.45) is 0 Å². The van der Waals surface area contributed by atoms with Gasteiger partial charge in [-0.2, -0.15) is 8.78 Å². The molecule has 3 aromatic rings. The number of piperidine rings is 1. The van der Waals surface area contributed by atoms with Crippen molar-refractivity contribution < 1.29 is 13.5 Å². The van der Waals surface area contributed by atoms with Gasteiger partial charge in [0, 0.05) is 47.8 Å². The van der Waals surface area contributed by atoms with E-state index in [1.165, 1.54) is 23.7 Å². The Morgan fingerprint density at radius 3 is 3.06 bits per heavy atom. The third kappa shape index (κ3) is 3.97. The van der Waals surface area contributed by atoms with E-state index >= 15 is 0 Å². The predicted octanol–water partition coefficient (Wildman–Crippen LogP) is 3.86. The van der Waals surface area contributed by atoms with Crippen LogP contribution in [0.25, 0.3) is 0 Å². The number of alkyl halides is 2. The monoisotopic (exact) mass is 466 g/mol. The Morgan fingerprint density at radius 1 is 1.39 bits per heavy atom. The highest BCUT2D eigenvalue weighted by Gasteiger charge is 2.53. The van der Waals surface area contributed by atoms with Gasteiger partial charge in [-0.05, 0) is 25.5 Å². The number of fused-ring (bicyclic) bond motifs is 2. The SMILES string of the molecule is C[C@H]1C[C@@]2(C[C@@H](c3cn(CCc4ccncn4)nn3)N1)OCC(F)(F)c1cc(Cl)sc12. The number of nitrogens with one attached hydrogen (secondary N) is 1. The molecule has 164 valence electrons. The lowest BCUT2D eigenvalue weighted by Crippen LogP contribution is -2.51. The van der Waals surface area contributed by atoms with E-state index in [0.717, 1.165) is 11.4 Å². The van der Waals surface area contributed by atoms with E-state index in [1.54, 1.807) is 10.9 Å². The first kappa shape index (κ1) is 20.9. The van der Waals surface area contributed by atoms with Gasteiger partial charge in [0.1, 0.15) is 18.5 Å². The summed E-state index contributed by atoms with van der Waals surface area (Å²) in [6.45, 7) is 2.02. The van der Waals surface area contributed by atoms with Crippen LogP contribution >= 0.6 is 22.9 Å². The molecule has 0 aliphatic carbocycles. The van der Waals surface area contributed by atoms with Crippen LogP contribution in [0.4, 0.5) is 8.78 Å². The van der Waals surface area contributed by atoms with Gasteiger partial charge in [0.05, 0.1) is 22.3 Å². The van der Waals surface area contributed by atoms with Crippen molar-refractivity contribution in [3.63, 3.8) is 0 Å². The van der Waals surface area contributed by atoms with E-state index in [4.69, 9.17) is 16.3 Å². The summed E-state index contributed by atoms with van der Waals surface area (Å²) in [5.74, 6) is -3.03. The van der Waals surface area contributed by atoms with Crippen LogP contribution in [0.1, 0.15) is 47.6 Å². The molecule has 5 rings (SSSR count). The molecule has 11 heteroatoms. The van der Waals surface area contributed by atoms with Crippen LogP contribution in [0.5, 0.6) is 0 Å². The summed E-state index contributed by atoms with van der Waals surface area (Å²) >= 11 is 7.33. The highest BCUT2D eigenvalue weighted by Crippen LogP contribution is 2.54. The molecule has 3 atom stereocenters. The van der Waals surface area contributed by atoms with Crippen LogP contribution in [0.3, 0.4) is 0 Å². The molecule has 3 aromatic heterocycles. The van der Waals surface area contributed by atoms with Crippen molar-refractivity contribution in [2.75, 3.05) is 6.61 Å². The van der Waals surface area contributed by atoms with Crippen LogP contribution < -0.4 is 5.32 Å². The van der Waals surface area contributed by atoms with Crippen molar-refractivity contribution in [3.05, 3.63) is 57.0 Å². The summed E-state index contributed by atoms with van der Waals surface area (Å²) in [6, 6.07) is 3.13. The fraction of sp³-hybridized carbons (Fsp3) is 0.500. The minimum atomic E-state index is -3.03. The smallest absolute Gasteiger partial charge is 0.297 e. The quantitative estimate of drug-likeness (QED) is 0.629. The van der Waals surface area contributed by atoms with Crippen LogP contribution in [-0.4, -0.2) is 37.6 Å². The standard InChI is InChI=1S/C20H21ClF2N6OS/c1-12-7-19(18-14(6-17(21)31-18)20(22,23)10-30-19)8-15(26-12)16-9-29(28-27-16)5-3-13-2-4-24-11-25-13/h2,4,6,9,11-12,15,26H,3,5,7-8,10H2,1H3/t12-,15-,19-/m0/s1. The van der Waals surface area contributed by atoms with E-state index in [-0.39, 0.29) is 17.6 Å². The molecular weight excluding hydrogens is 446 g/mol. The van der Waals surface area contributed by atoms with E-state index in [2.05, 4.69) is 25.6 Å². The third-order valence-corrected chi connectivity index (χ3v) is 7.30. The Bertz CT molecular complexity index is 1080. The van der Waals surface area contributed by atoms with Gasteiger partial charge in [-0.15, -0.1) is 16.4 Å². The van der Waals surface area contributed by atoms with Gasteiger partial charge in [-0.3, -0.25) is 4.68 Å². The number of halogens is 3. The number of ether oxygens (including phenoxy) is 1. The number of aromatic nitrogens is 5. The fourth-order valence-corrected chi connectivity index (χ4v) is 5.92. The summed E-state index contributed by atoms with van der Waals surface area (Å²) in [4.78, 5) is 8.67. The first-order chi connectivity index (χ1) is 14.8. The van der Waals surface area contributed by atoms with E-state index < -0.39 is 18.1 Å². The molecule has 0 bridgehead atoms. The zero-order chi connectivity index (χ0) is 21.6. The molecule has 5 heterocycles. The van der Waals surface area contributed by atoms with Gasteiger partial charge in [-0.25, -0.2) is 9.97 Å². The largest absolute Gasteiger partial charge is 0.363 e. The number of aryl methyl sites for hydroxylation is 2. The van der Waals surface area contributed by atoms with Crippen molar-refractivity contribution in [1.82, 2.24) is 30.3 Å². The number of hydrogen-bond acceptors (Lipinski definition) is 7. The zero-order valence-corrected chi connectivity index (χ0v) is 18.3. The number of nitrogens with zero attached hydrogens (tertiary/aromatic N) is 5. The summed E-state index contributed by atoms with van der Waals surface area (Å²) in [6.07, 6.45) is 6.91. The molecule has 0 amide bonds. The van der Waals surface area contributed by atoms with Crippen LogP contribution in [0.2, 0.25) is 4.34 Å². The second-order valence-electron chi connectivity index (χ2n) is 8.17. The van der Waals surface area contributed by atoms with Crippen molar-refractivity contribution in [3.8, 4) is 0 Å². The lowest BCUT2D eigenvalue weighted by Gasteiger charge is -2.47. The molecule has 7 nitrogen and oxygen atoms in total. The number of rotatable bonds is 4. The molecule has 2 aliphatic heterocycles. The highest BCUT2D eigenvalue weighted by molar-refractivity contribution is 7.16. The van der Waals surface area contributed by atoms with E-state index in [0.29, 0.717) is 35.0 Å². The average molecular weight is 467 g/mol. The van der Waals surface area contributed by atoms with Gasteiger partial charge >= 0.3 is 0 Å². The molecule has 1 saturated heterocycles. The lowest BCUT2D eigenvalue weighted by molar-refractivity contribution is -0.183. The van der Waals surface area contributed by atoms with Gasteiger partial charge < -0.3 is 10.1 Å². The summed E-state index contributed by atoms with van der Waals surface area (Å²) in [5.41, 5.74) is 0.873. The van der Waals surface area contributed by atoms with Crippen molar-refractivity contribution >= 4 is 22.9 Å². The molecule has 1 N–H and O–H groups in total. The van der Waals surface area contributed by atoms with Crippen LogP contribution in [0.15, 0.2) is 30.9 Å².